The first-order chi connectivity index (χ1) is 9.02. The topological polar surface area (TPSA) is 99.4 Å². The Bertz CT molecular complexity index is 404. The summed E-state index contributed by atoms with van der Waals surface area (Å²) in [6, 6.07) is 7.08. The molecule has 0 aliphatic carbocycles. The van der Waals surface area contributed by atoms with Gasteiger partial charge in [-0.25, -0.2) is 0 Å². The lowest BCUT2D eigenvalue weighted by Crippen LogP contribution is -2.60. The molecule has 0 amide bonds. The van der Waals surface area contributed by atoms with Crippen molar-refractivity contribution >= 4 is 0 Å². The molecule has 2 rings (SSSR count). The Morgan fingerprint density at radius 2 is 1.68 bits per heavy atom. The monoisotopic (exact) mass is 270 g/mol. The quantitative estimate of drug-likeness (QED) is 0.572. The molecule has 106 valence electrons. The van der Waals surface area contributed by atoms with E-state index in [0.717, 1.165) is 5.56 Å². The molecule has 0 spiro atoms. The molecule has 1 aromatic carbocycles. The molecule has 4 N–H and O–H groups in total. The molecule has 2 unspecified atom stereocenters. The second-order valence-corrected chi connectivity index (χ2v) is 4.63. The normalized spacial score (nSPS) is 35.1. The van der Waals surface area contributed by atoms with Crippen molar-refractivity contribution in [2.75, 3.05) is 6.61 Å². The van der Waals surface area contributed by atoms with Gasteiger partial charge in [0.25, 0.3) is 0 Å². The minimum atomic E-state index is -1.43. The number of hydrogen-bond acceptors (Lipinski definition) is 6. The summed E-state index contributed by atoms with van der Waals surface area (Å²) in [4.78, 5) is 0. The van der Waals surface area contributed by atoms with Gasteiger partial charge in [0.05, 0.1) is 6.61 Å². The van der Waals surface area contributed by atoms with Crippen LogP contribution in [0.4, 0.5) is 0 Å². The molecule has 6 nitrogen and oxygen atoms in total. The summed E-state index contributed by atoms with van der Waals surface area (Å²) in [5, 5.41) is 38.1. The molecule has 0 radical (unpaired) electrons. The molecule has 0 saturated carbocycles. The second-order valence-electron chi connectivity index (χ2n) is 4.63. The molecule has 5 atom stereocenters. The van der Waals surface area contributed by atoms with Crippen molar-refractivity contribution in [2.24, 2.45) is 0 Å². The van der Waals surface area contributed by atoms with E-state index in [1.54, 1.807) is 12.1 Å². The molecule has 0 aromatic heterocycles. The van der Waals surface area contributed by atoms with E-state index in [1.165, 1.54) is 0 Å². The number of aliphatic hydroxyl groups is 4. The van der Waals surface area contributed by atoms with Gasteiger partial charge >= 0.3 is 0 Å². The number of rotatable bonds is 3. The number of benzene rings is 1. The fraction of sp³-hybridized carbons (Fsp3) is 0.538. The molecular formula is C13H18O6. The third kappa shape index (κ3) is 3.05. The van der Waals surface area contributed by atoms with Crippen LogP contribution in [0.25, 0.3) is 0 Å². The minimum Gasteiger partial charge on any atom is -0.462 e. The molecule has 19 heavy (non-hydrogen) atoms. The molecule has 1 aromatic rings. The molecule has 1 aliphatic heterocycles. The highest BCUT2D eigenvalue weighted by Crippen LogP contribution is 2.24. The maximum atomic E-state index is 9.80. The highest BCUT2D eigenvalue weighted by atomic mass is 16.7. The van der Waals surface area contributed by atoms with Gasteiger partial charge in [-0.1, -0.05) is 17.7 Å². The third-order valence-electron chi connectivity index (χ3n) is 3.12. The summed E-state index contributed by atoms with van der Waals surface area (Å²) < 4.78 is 10.7. The van der Waals surface area contributed by atoms with E-state index in [1.807, 2.05) is 19.1 Å². The molecule has 1 saturated heterocycles. The first-order valence-electron chi connectivity index (χ1n) is 6.07. The van der Waals surface area contributed by atoms with Gasteiger partial charge < -0.3 is 29.9 Å². The third-order valence-corrected chi connectivity index (χ3v) is 3.12. The summed E-state index contributed by atoms with van der Waals surface area (Å²) in [7, 11) is 0. The highest BCUT2D eigenvalue weighted by molar-refractivity contribution is 5.26. The average Bonchev–Trinajstić information content (AvgIpc) is 2.42. The van der Waals surface area contributed by atoms with E-state index in [-0.39, 0.29) is 0 Å². The maximum absolute atomic E-state index is 9.80. The Hall–Kier alpha value is -1.18. The molecule has 6 heteroatoms. The smallest absolute Gasteiger partial charge is 0.229 e. The highest BCUT2D eigenvalue weighted by Gasteiger charge is 2.44. The van der Waals surface area contributed by atoms with E-state index < -0.39 is 37.3 Å². The summed E-state index contributed by atoms with van der Waals surface area (Å²) in [6.45, 7) is 1.45. The van der Waals surface area contributed by atoms with Gasteiger partial charge in [0.2, 0.25) is 6.29 Å². The molecule has 1 heterocycles. The van der Waals surface area contributed by atoms with Gasteiger partial charge in [-0.3, -0.25) is 0 Å². The van der Waals surface area contributed by atoms with Gasteiger partial charge in [-0.05, 0) is 19.1 Å². The van der Waals surface area contributed by atoms with E-state index in [0.29, 0.717) is 5.75 Å². The predicted molar refractivity (Wildman–Crippen MR) is 65.6 cm³/mol. The van der Waals surface area contributed by atoms with Gasteiger partial charge in [0, 0.05) is 0 Å². The number of aryl methyl sites for hydroxylation is 1. The zero-order valence-corrected chi connectivity index (χ0v) is 10.5. The Morgan fingerprint density at radius 3 is 2.26 bits per heavy atom. The van der Waals surface area contributed by atoms with Gasteiger partial charge in [-0.2, -0.15) is 0 Å². The van der Waals surface area contributed by atoms with Crippen molar-refractivity contribution in [3.8, 4) is 5.75 Å². The van der Waals surface area contributed by atoms with Crippen LogP contribution in [0.3, 0.4) is 0 Å². The fourth-order valence-corrected chi connectivity index (χ4v) is 1.92. The van der Waals surface area contributed by atoms with E-state index in [4.69, 9.17) is 14.6 Å². The molecule has 1 aliphatic rings. The van der Waals surface area contributed by atoms with Crippen LogP contribution in [-0.4, -0.2) is 57.7 Å². The lowest BCUT2D eigenvalue weighted by atomic mass is 9.99. The first kappa shape index (κ1) is 14.2. The summed E-state index contributed by atoms with van der Waals surface area (Å²) >= 11 is 0. The number of ether oxygens (including phenoxy) is 2. The van der Waals surface area contributed by atoms with Gasteiger partial charge in [-0.15, -0.1) is 0 Å². The maximum Gasteiger partial charge on any atom is 0.229 e. The van der Waals surface area contributed by atoms with Gasteiger partial charge in [0.15, 0.2) is 0 Å². The largest absolute Gasteiger partial charge is 0.462 e. The van der Waals surface area contributed by atoms with Crippen LogP contribution < -0.4 is 4.74 Å². The van der Waals surface area contributed by atoms with Crippen molar-refractivity contribution in [2.45, 2.75) is 37.6 Å². The molecular weight excluding hydrogens is 252 g/mol. The zero-order chi connectivity index (χ0) is 14.0. The lowest BCUT2D eigenvalue weighted by molar-refractivity contribution is -0.277. The minimum absolute atomic E-state index is 0.468. The zero-order valence-electron chi connectivity index (χ0n) is 10.5. The average molecular weight is 270 g/mol. The summed E-state index contributed by atoms with van der Waals surface area (Å²) in [5.41, 5.74) is 1.06. The van der Waals surface area contributed by atoms with Crippen LogP contribution in [0.1, 0.15) is 5.56 Å². The van der Waals surface area contributed by atoms with Crippen LogP contribution in [0.5, 0.6) is 5.75 Å². The predicted octanol–water partition coefficient (Wildman–Crippen LogP) is -0.826. The van der Waals surface area contributed by atoms with E-state index in [9.17, 15) is 15.3 Å². The van der Waals surface area contributed by atoms with Crippen molar-refractivity contribution in [3.63, 3.8) is 0 Å². The van der Waals surface area contributed by atoms with Gasteiger partial charge in [0.1, 0.15) is 30.2 Å². The SMILES string of the molecule is Cc1ccc(O[C@@H]2OC(CO)[C@@H](O)[C@H](O)C2O)cc1. The summed E-state index contributed by atoms with van der Waals surface area (Å²) in [6.07, 6.45) is -6.30. The molecule has 1 fully saturated rings. The van der Waals surface area contributed by atoms with Crippen LogP contribution in [0.2, 0.25) is 0 Å². The standard InChI is InChI=1S/C13H18O6/c1-7-2-4-8(5-3-7)18-13-12(17)11(16)10(15)9(6-14)19-13/h2-5,9-17H,6H2,1H3/t9?,10-,11+,12?,13-/m1/s1. The summed E-state index contributed by atoms with van der Waals surface area (Å²) in [5.74, 6) is 0.468. The Morgan fingerprint density at radius 1 is 1.05 bits per heavy atom. The molecule has 0 bridgehead atoms. The Labute approximate surface area is 110 Å². The second kappa shape index (κ2) is 5.85. The van der Waals surface area contributed by atoms with Crippen molar-refractivity contribution in [3.05, 3.63) is 29.8 Å². The van der Waals surface area contributed by atoms with Crippen LogP contribution in [0.15, 0.2) is 24.3 Å². The number of hydrogen-bond donors (Lipinski definition) is 4. The lowest BCUT2D eigenvalue weighted by Gasteiger charge is -2.39. The van der Waals surface area contributed by atoms with Crippen molar-refractivity contribution in [1.82, 2.24) is 0 Å². The fourth-order valence-electron chi connectivity index (χ4n) is 1.92. The van der Waals surface area contributed by atoms with Crippen LogP contribution in [0, 0.1) is 6.92 Å². The van der Waals surface area contributed by atoms with Crippen LogP contribution in [-0.2, 0) is 4.74 Å². The Balaban J connectivity index is 2.08. The van der Waals surface area contributed by atoms with E-state index in [2.05, 4.69) is 0 Å². The number of aliphatic hydroxyl groups excluding tert-OH is 4. The first-order valence-corrected chi connectivity index (χ1v) is 6.07. The van der Waals surface area contributed by atoms with E-state index >= 15 is 0 Å². The van der Waals surface area contributed by atoms with Crippen LogP contribution >= 0.6 is 0 Å². The Kier molecular flexibility index (Phi) is 4.38. The van der Waals surface area contributed by atoms with Crippen molar-refractivity contribution < 1.29 is 29.9 Å². The van der Waals surface area contributed by atoms with Crippen molar-refractivity contribution in [1.29, 1.82) is 0 Å².